The van der Waals surface area contributed by atoms with Gasteiger partial charge in [-0.25, -0.2) is 9.97 Å². The first-order valence-corrected chi connectivity index (χ1v) is 11.9. The zero-order valence-corrected chi connectivity index (χ0v) is 19.1. The molecule has 0 saturated heterocycles. The highest BCUT2D eigenvalue weighted by molar-refractivity contribution is 7.98. The summed E-state index contributed by atoms with van der Waals surface area (Å²) in [7, 11) is 0. The highest BCUT2D eigenvalue weighted by atomic mass is 32.2. The molecular weight excluding hydrogens is 442 g/mol. The van der Waals surface area contributed by atoms with Gasteiger partial charge in [-0.2, -0.15) is 0 Å². The van der Waals surface area contributed by atoms with Crippen LogP contribution < -0.4 is 10.6 Å². The summed E-state index contributed by atoms with van der Waals surface area (Å²) in [6, 6.07) is 15.2. The molecule has 1 aromatic carbocycles. The van der Waals surface area contributed by atoms with E-state index in [0.29, 0.717) is 12.2 Å². The quantitative estimate of drug-likeness (QED) is 0.333. The molecule has 0 aliphatic rings. The maximum Gasteiger partial charge on any atom is 0.228 e. The van der Waals surface area contributed by atoms with Crippen LogP contribution in [-0.2, 0) is 16.0 Å². The van der Waals surface area contributed by atoms with Crippen molar-refractivity contribution in [3.8, 4) is 21.8 Å². The van der Waals surface area contributed by atoms with E-state index in [1.165, 1.54) is 30.0 Å². The third kappa shape index (κ3) is 5.24. The number of imidazole rings is 1. The second kappa shape index (κ2) is 9.80. The summed E-state index contributed by atoms with van der Waals surface area (Å²) in [6.45, 7) is 1.44. The minimum Gasteiger partial charge on any atom is -0.332 e. The number of hydrogen-bond donors (Lipinski definition) is 3. The van der Waals surface area contributed by atoms with Gasteiger partial charge in [0.15, 0.2) is 5.16 Å². The van der Waals surface area contributed by atoms with Gasteiger partial charge in [0.2, 0.25) is 11.8 Å². The van der Waals surface area contributed by atoms with Crippen LogP contribution in [0, 0.1) is 0 Å². The highest BCUT2D eigenvalue weighted by Gasteiger charge is 2.17. The van der Waals surface area contributed by atoms with E-state index in [4.69, 9.17) is 4.98 Å². The summed E-state index contributed by atoms with van der Waals surface area (Å²) in [5.41, 5.74) is 4.15. The molecule has 0 saturated carbocycles. The van der Waals surface area contributed by atoms with Gasteiger partial charge < -0.3 is 15.6 Å². The summed E-state index contributed by atoms with van der Waals surface area (Å²) in [4.78, 5) is 37.0. The molecule has 2 amide bonds. The fraction of sp³-hybridized carbons (Fsp3) is 0.130. The minimum absolute atomic E-state index is 0.0655. The standard InChI is InChI=1S/C23H21N5O2S2/c1-14(29)25-19-11-16(8-9-24-19)21-22(28-23(27-21)31-2)18-12-17(13-32-18)26-20(30)10-15-6-4-3-5-7-15/h3-9,11-13H,10H2,1-2H3,(H,26,30)(H,27,28)(H,24,25,29). The summed E-state index contributed by atoms with van der Waals surface area (Å²) in [5, 5.41) is 8.36. The third-order valence-electron chi connectivity index (χ3n) is 4.55. The zero-order valence-electron chi connectivity index (χ0n) is 17.5. The molecule has 0 aliphatic heterocycles. The molecule has 0 unspecified atom stereocenters. The van der Waals surface area contributed by atoms with E-state index in [9.17, 15) is 9.59 Å². The molecule has 0 atom stereocenters. The van der Waals surface area contributed by atoms with Gasteiger partial charge in [-0.3, -0.25) is 9.59 Å². The van der Waals surface area contributed by atoms with Crippen LogP contribution in [0.2, 0.25) is 0 Å². The van der Waals surface area contributed by atoms with Crippen LogP contribution >= 0.6 is 23.1 Å². The smallest absolute Gasteiger partial charge is 0.228 e. The van der Waals surface area contributed by atoms with Crippen LogP contribution in [0.1, 0.15) is 12.5 Å². The second-order valence-corrected chi connectivity index (χ2v) is 8.70. The molecule has 0 aliphatic carbocycles. The van der Waals surface area contributed by atoms with Crippen molar-refractivity contribution >= 4 is 46.4 Å². The van der Waals surface area contributed by atoms with Gasteiger partial charge in [0, 0.05) is 24.1 Å². The molecule has 3 heterocycles. The average molecular weight is 464 g/mol. The van der Waals surface area contributed by atoms with E-state index in [1.54, 1.807) is 12.3 Å². The largest absolute Gasteiger partial charge is 0.332 e. The van der Waals surface area contributed by atoms with Gasteiger partial charge in [0.05, 0.1) is 28.4 Å². The number of nitrogens with one attached hydrogen (secondary N) is 3. The van der Waals surface area contributed by atoms with Crippen LogP contribution in [-0.4, -0.2) is 33.0 Å². The molecule has 7 nitrogen and oxygen atoms in total. The number of nitrogens with zero attached hydrogens (tertiary/aromatic N) is 2. The maximum absolute atomic E-state index is 12.4. The lowest BCUT2D eigenvalue weighted by Crippen LogP contribution is -2.13. The number of hydrogen-bond acceptors (Lipinski definition) is 6. The summed E-state index contributed by atoms with van der Waals surface area (Å²) in [6.07, 6.45) is 3.91. The first-order valence-electron chi connectivity index (χ1n) is 9.82. The SMILES string of the molecule is CSc1nc(-c2ccnc(NC(C)=O)c2)c(-c2cc(NC(=O)Cc3ccccc3)cs2)[nH]1. The first-order chi connectivity index (χ1) is 15.5. The van der Waals surface area contributed by atoms with Gasteiger partial charge in [-0.1, -0.05) is 42.1 Å². The zero-order chi connectivity index (χ0) is 22.5. The lowest BCUT2D eigenvalue weighted by Gasteiger charge is -2.05. The van der Waals surface area contributed by atoms with Gasteiger partial charge in [-0.05, 0) is 30.0 Å². The van der Waals surface area contributed by atoms with E-state index in [-0.39, 0.29) is 11.8 Å². The number of thioether (sulfide) groups is 1. The number of pyridine rings is 1. The van der Waals surface area contributed by atoms with Crippen molar-refractivity contribution in [2.24, 2.45) is 0 Å². The molecule has 32 heavy (non-hydrogen) atoms. The van der Waals surface area contributed by atoms with E-state index in [2.05, 4.69) is 20.6 Å². The molecule has 0 bridgehead atoms. The Morgan fingerprint density at radius 1 is 1.12 bits per heavy atom. The van der Waals surface area contributed by atoms with Crippen molar-refractivity contribution in [3.05, 3.63) is 65.7 Å². The Morgan fingerprint density at radius 2 is 1.94 bits per heavy atom. The first kappa shape index (κ1) is 21.8. The van der Waals surface area contributed by atoms with E-state index in [0.717, 1.165) is 38.2 Å². The highest BCUT2D eigenvalue weighted by Crippen LogP contribution is 2.37. The third-order valence-corrected chi connectivity index (χ3v) is 6.08. The molecule has 4 aromatic rings. The lowest BCUT2D eigenvalue weighted by atomic mass is 10.1. The number of H-pyrrole nitrogens is 1. The van der Waals surface area contributed by atoms with Crippen LogP contribution in [0.4, 0.5) is 11.5 Å². The van der Waals surface area contributed by atoms with E-state index < -0.39 is 0 Å². The molecular formula is C23H21N5O2S2. The number of benzene rings is 1. The topological polar surface area (TPSA) is 99.8 Å². The number of amides is 2. The number of thiophene rings is 1. The number of carbonyl (C=O) groups is 2. The predicted molar refractivity (Wildman–Crippen MR) is 130 cm³/mol. The van der Waals surface area contributed by atoms with E-state index >= 15 is 0 Å². The Labute approximate surface area is 193 Å². The molecule has 0 radical (unpaired) electrons. The Hall–Kier alpha value is -3.43. The fourth-order valence-electron chi connectivity index (χ4n) is 3.18. The number of aromatic nitrogens is 3. The molecule has 162 valence electrons. The van der Waals surface area contributed by atoms with Gasteiger partial charge in [0.1, 0.15) is 5.82 Å². The molecule has 9 heteroatoms. The van der Waals surface area contributed by atoms with Gasteiger partial charge in [-0.15, -0.1) is 11.3 Å². The Kier molecular flexibility index (Phi) is 6.67. The summed E-state index contributed by atoms with van der Waals surface area (Å²) >= 11 is 3.03. The number of aromatic amines is 1. The van der Waals surface area contributed by atoms with Gasteiger partial charge in [0.25, 0.3) is 0 Å². The van der Waals surface area contributed by atoms with Crippen molar-refractivity contribution in [2.45, 2.75) is 18.5 Å². The number of anilines is 2. The molecule has 3 aromatic heterocycles. The van der Waals surface area contributed by atoms with Crippen molar-refractivity contribution in [3.63, 3.8) is 0 Å². The molecule has 0 fully saturated rings. The molecule has 3 N–H and O–H groups in total. The average Bonchev–Trinajstić information content (AvgIpc) is 3.41. The Balaban J connectivity index is 1.58. The maximum atomic E-state index is 12.4. The minimum atomic E-state index is -0.184. The molecule has 4 rings (SSSR count). The van der Waals surface area contributed by atoms with Gasteiger partial charge >= 0.3 is 0 Å². The normalized spacial score (nSPS) is 10.7. The summed E-state index contributed by atoms with van der Waals surface area (Å²) in [5.74, 6) is 0.217. The fourth-order valence-corrected chi connectivity index (χ4v) is 4.41. The van der Waals surface area contributed by atoms with Crippen LogP contribution in [0.15, 0.2) is 65.3 Å². The Bertz CT molecular complexity index is 1250. The monoisotopic (exact) mass is 463 g/mol. The van der Waals surface area contributed by atoms with Crippen molar-refractivity contribution in [1.82, 2.24) is 15.0 Å². The van der Waals surface area contributed by atoms with Crippen molar-refractivity contribution < 1.29 is 9.59 Å². The van der Waals surface area contributed by atoms with Crippen LogP contribution in [0.5, 0.6) is 0 Å². The van der Waals surface area contributed by atoms with Crippen molar-refractivity contribution in [2.75, 3.05) is 16.9 Å². The number of carbonyl (C=O) groups excluding carboxylic acids is 2. The van der Waals surface area contributed by atoms with Crippen LogP contribution in [0.3, 0.4) is 0 Å². The summed E-state index contributed by atoms with van der Waals surface area (Å²) < 4.78 is 0. The molecule has 0 spiro atoms. The van der Waals surface area contributed by atoms with E-state index in [1.807, 2.05) is 54.1 Å². The van der Waals surface area contributed by atoms with Crippen molar-refractivity contribution in [1.29, 1.82) is 0 Å². The Morgan fingerprint density at radius 3 is 2.69 bits per heavy atom. The lowest BCUT2D eigenvalue weighted by molar-refractivity contribution is -0.116. The second-order valence-electron chi connectivity index (χ2n) is 6.99. The van der Waals surface area contributed by atoms with Crippen LogP contribution in [0.25, 0.3) is 21.8 Å². The predicted octanol–water partition coefficient (Wildman–Crippen LogP) is 5.06. The number of rotatable bonds is 7.